The maximum absolute atomic E-state index is 12.1. The highest BCUT2D eigenvalue weighted by molar-refractivity contribution is 5.93. The van der Waals surface area contributed by atoms with Gasteiger partial charge < -0.3 is 15.0 Å². The lowest BCUT2D eigenvalue weighted by Gasteiger charge is -2.16. The molecule has 1 amide bonds. The summed E-state index contributed by atoms with van der Waals surface area (Å²) in [6.45, 7) is 5.39. The summed E-state index contributed by atoms with van der Waals surface area (Å²) in [5.74, 6) is 0.122. The molecule has 1 aromatic carbocycles. The molecule has 0 saturated carbocycles. The largest absolute Gasteiger partial charge is 0.481 e. The van der Waals surface area contributed by atoms with Gasteiger partial charge in [-0.2, -0.15) is 0 Å². The van der Waals surface area contributed by atoms with Crippen LogP contribution in [0.15, 0.2) is 34.0 Å². The first kappa shape index (κ1) is 15.6. The van der Waals surface area contributed by atoms with Crippen molar-refractivity contribution in [1.82, 2.24) is 9.97 Å². The summed E-state index contributed by atoms with van der Waals surface area (Å²) in [7, 11) is 0. The minimum absolute atomic E-state index is 0.0407. The number of hydrogen-bond acceptors (Lipinski definition) is 4. The highest BCUT2D eigenvalue weighted by Gasteiger charge is 2.17. The Bertz CT molecular complexity index is 807. The van der Waals surface area contributed by atoms with E-state index in [2.05, 4.69) is 10.3 Å². The molecule has 1 aromatic heterocycles. The van der Waals surface area contributed by atoms with Crippen molar-refractivity contribution >= 4 is 11.6 Å². The third kappa shape index (κ3) is 3.63. The molecule has 1 heterocycles. The molecule has 0 aliphatic carbocycles. The predicted octanol–water partition coefficient (Wildman–Crippen LogP) is 1.09. The maximum atomic E-state index is 12.1. The molecule has 7 nitrogen and oxygen atoms in total. The van der Waals surface area contributed by atoms with Crippen LogP contribution in [0.4, 0.5) is 5.69 Å². The number of hydrogen-bond donors (Lipinski definition) is 3. The summed E-state index contributed by atoms with van der Waals surface area (Å²) in [6.07, 6.45) is 0.343. The van der Waals surface area contributed by atoms with Gasteiger partial charge in [-0.05, 0) is 38.0 Å². The Morgan fingerprint density at radius 3 is 2.68 bits per heavy atom. The van der Waals surface area contributed by atoms with Crippen molar-refractivity contribution in [3.63, 3.8) is 0 Å². The third-order valence-electron chi connectivity index (χ3n) is 3.09. The molecule has 0 radical (unpaired) electrons. The van der Waals surface area contributed by atoms with Crippen LogP contribution in [0.25, 0.3) is 0 Å². The first-order valence-corrected chi connectivity index (χ1v) is 6.73. The second-order valence-corrected chi connectivity index (χ2v) is 5.00. The highest BCUT2D eigenvalue weighted by atomic mass is 16.5. The molecule has 116 valence electrons. The zero-order valence-corrected chi connectivity index (χ0v) is 12.5. The summed E-state index contributed by atoms with van der Waals surface area (Å²) in [4.78, 5) is 38.8. The fourth-order valence-corrected chi connectivity index (χ4v) is 1.82. The van der Waals surface area contributed by atoms with Crippen LogP contribution in [0.1, 0.15) is 18.1 Å². The SMILES string of the molecule is Cc1ccc(C)c(OC(C)C(=O)Nc2c[nH]c(=O)[nH]c2=O)c1. The molecule has 0 saturated heterocycles. The van der Waals surface area contributed by atoms with Crippen LogP contribution in [0.5, 0.6) is 5.75 Å². The summed E-state index contributed by atoms with van der Waals surface area (Å²) in [6, 6.07) is 5.70. The fourth-order valence-electron chi connectivity index (χ4n) is 1.82. The number of carbonyl (C=O) groups excluding carboxylic acids is 1. The second-order valence-electron chi connectivity index (χ2n) is 5.00. The first-order valence-electron chi connectivity index (χ1n) is 6.73. The number of nitrogens with one attached hydrogen (secondary N) is 3. The molecule has 2 aromatic rings. The van der Waals surface area contributed by atoms with Crippen LogP contribution in [-0.2, 0) is 4.79 Å². The van der Waals surface area contributed by atoms with Gasteiger partial charge in [0.2, 0.25) is 0 Å². The van der Waals surface area contributed by atoms with Crippen LogP contribution in [0.2, 0.25) is 0 Å². The molecule has 7 heteroatoms. The number of ether oxygens (including phenoxy) is 1. The summed E-state index contributed by atoms with van der Waals surface area (Å²) in [5.41, 5.74) is 0.581. The zero-order valence-electron chi connectivity index (χ0n) is 12.5. The second kappa shape index (κ2) is 6.30. The van der Waals surface area contributed by atoms with Gasteiger partial charge in [-0.15, -0.1) is 0 Å². The molecule has 0 aliphatic rings. The number of aromatic amines is 2. The van der Waals surface area contributed by atoms with Crippen molar-refractivity contribution in [3.05, 3.63) is 56.4 Å². The number of rotatable bonds is 4. The van der Waals surface area contributed by atoms with Gasteiger partial charge in [0, 0.05) is 6.20 Å². The van der Waals surface area contributed by atoms with Crippen molar-refractivity contribution in [3.8, 4) is 5.75 Å². The minimum atomic E-state index is -0.799. The Hall–Kier alpha value is -2.83. The van der Waals surface area contributed by atoms with Crippen molar-refractivity contribution in [2.75, 3.05) is 5.32 Å². The molecule has 1 unspecified atom stereocenters. The van der Waals surface area contributed by atoms with Crippen molar-refractivity contribution in [2.45, 2.75) is 26.9 Å². The predicted molar refractivity (Wildman–Crippen MR) is 82.3 cm³/mol. The van der Waals surface area contributed by atoms with Crippen LogP contribution >= 0.6 is 0 Å². The number of carbonyl (C=O) groups is 1. The van der Waals surface area contributed by atoms with E-state index >= 15 is 0 Å². The van der Waals surface area contributed by atoms with E-state index in [0.29, 0.717) is 5.75 Å². The average molecular weight is 303 g/mol. The normalized spacial score (nSPS) is 11.8. The van der Waals surface area contributed by atoms with Crippen molar-refractivity contribution in [2.24, 2.45) is 0 Å². The number of aryl methyl sites for hydroxylation is 2. The van der Waals surface area contributed by atoms with Gasteiger partial charge in [-0.3, -0.25) is 14.6 Å². The number of aromatic nitrogens is 2. The molecular formula is C15H17N3O4. The van der Waals surface area contributed by atoms with Crippen molar-refractivity contribution < 1.29 is 9.53 Å². The van der Waals surface area contributed by atoms with Gasteiger partial charge in [0.15, 0.2) is 6.10 Å². The monoisotopic (exact) mass is 303 g/mol. The smallest absolute Gasteiger partial charge is 0.325 e. The topological polar surface area (TPSA) is 104 Å². The van der Waals surface area contributed by atoms with Crippen LogP contribution in [0, 0.1) is 13.8 Å². The molecule has 0 fully saturated rings. The number of benzene rings is 1. The van der Waals surface area contributed by atoms with Crippen molar-refractivity contribution in [1.29, 1.82) is 0 Å². The Morgan fingerprint density at radius 1 is 1.27 bits per heavy atom. The molecule has 22 heavy (non-hydrogen) atoms. The maximum Gasteiger partial charge on any atom is 0.325 e. The molecule has 1 atom stereocenters. The van der Waals surface area contributed by atoms with E-state index in [0.717, 1.165) is 17.3 Å². The molecule has 2 rings (SSSR count). The number of anilines is 1. The van der Waals surface area contributed by atoms with E-state index in [4.69, 9.17) is 4.74 Å². The van der Waals surface area contributed by atoms with E-state index < -0.39 is 23.3 Å². The molecule has 0 spiro atoms. The van der Waals surface area contributed by atoms with E-state index in [1.165, 1.54) is 0 Å². The van der Waals surface area contributed by atoms with E-state index in [9.17, 15) is 14.4 Å². The Labute approximate surface area is 126 Å². The summed E-state index contributed by atoms with van der Waals surface area (Å²) >= 11 is 0. The first-order chi connectivity index (χ1) is 10.4. The third-order valence-corrected chi connectivity index (χ3v) is 3.09. The Morgan fingerprint density at radius 2 is 2.00 bits per heavy atom. The van der Waals surface area contributed by atoms with Crippen LogP contribution < -0.4 is 21.3 Å². The Kier molecular flexibility index (Phi) is 4.45. The highest BCUT2D eigenvalue weighted by Crippen LogP contribution is 2.20. The Balaban J connectivity index is 2.10. The lowest BCUT2D eigenvalue weighted by Crippen LogP contribution is -2.34. The zero-order chi connectivity index (χ0) is 16.3. The number of H-pyrrole nitrogens is 2. The quantitative estimate of drug-likeness (QED) is 0.786. The van der Waals surface area contributed by atoms with Gasteiger partial charge in [-0.1, -0.05) is 12.1 Å². The van der Waals surface area contributed by atoms with Gasteiger partial charge in [0.25, 0.3) is 11.5 Å². The van der Waals surface area contributed by atoms with E-state index in [1.54, 1.807) is 6.92 Å². The van der Waals surface area contributed by atoms with E-state index in [-0.39, 0.29) is 5.69 Å². The summed E-state index contributed by atoms with van der Waals surface area (Å²) < 4.78 is 5.63. The van der Waals surface area contributed by atoms with Gasteiger partial charge in [-0.25, -0.2) is 4.79 Å². The van der Waals surface area contributed by atoms with Crippen LogP contribution in [-0.4, -0.2) is 22.0 Å². The van der Waals surface area contributed by atoms with Gasteiger partial charge in [0.1, 0.15) is 11.4 Å². The molecule has 3 N–H and O–H groups in total. The molecule has 0 aliphatic heterocycles. The lowest BCUT2D eigenvalue weighted by molar-refractivity contribution is -0.122. The van der Waals surface area contributed by atoms with Crippen LogP contribution in [0.3, 0.4) is 0 Å². The number of amides is 1. The van der Waals surface area contributed by atoms with E-state index in [1.807, 2.05) is 37.0 Å². The summed E-state index contributed by atoms with van der Waals surface area (Å²) in [5, 5.41) is 2.41. The lowest BCUT2D eigenvalue weighted by atomic mass is 10.1. The minimum Gasteiger partial charge on any atom is -0.481 e. The fraction of sp³-hybridized carbons (Fsp3) is 0.267. The molecular weight excluding hydrogens is 286 g/mol. The average Bonchev–Trinajstić information content (AvgIpc) is 2.45. The standard InChI is InChI=1S/C15H17N3O4/c1-8-4-5-9(2)12(6-8)22-10(3)13(19)17-11-7-16-15(21)18-14(11)20/h4-7,10H,1-3H3,(H,17,19)(H2,16,18,20,21). The molecule has 0 bridgehead atoms. The van der Waals surface area contributed by atoms with Gasteiger partial charge in [0.05, 0.1) is 0 Å². The van der Waals surface area contributed by atoms with Gasteiger partial charge >= 0.3 is 5.69 Å².